The van der Waals surface area contributed by atoms with Crippen LogP contribution in [0.3, 0.4) is 0 Å². The van der Waals surface area contributed by atoms with Crippen molar-refractivity contribution in [1.29, 1.82) is 0 Å². The number of quaternary nitrogens is 1. The average Bonchev–Trinajstić information content (AvgIpc) is 2.72. The van der Waals surface area contributed by atoms with Gasteiger partial charge in [0.05, 0.1) is 18.7 Å². The Balaban J connectivity index is 1.69. The lowest BCUT2D eigenvalue weighted by molar-refractivity contribution is -0.689. The number of carbonyl (C=O) groups is 2. The van der Waals surface area contributed by atoms with Gasteiger partial charge in [-0.25, -0.2) is 14.0 Å². The van der Waals surface area contributed by atoms with Crippen molar-refractivity contribution in [3.8, 4) is 5.75 Å². The zero-order valence-electron chi connectivity index (χ0n) is 15.7. The van der Waals surface area contributed by atoms with Crippen LogP contribution in [0, 0.1) is 5.82 Å². The van der Waals surface area contributed by atoms with Gasteiger partial charge in [-0.1, -0.05) is 23.2 Å². The summed E-state index contributed by atoms with van der Waals surface area (Å²) in [6, 6.07) is 3.32. The van der Waals surface area contributed by atoms with E-state index in [1.807, 2.05) is 0 Å². The Kier molecular flexibility index (Phi) is 6.35. The van der Waals surface area contributed by atoms with Crippen LogP contribution in [0.15, 0.2) is 42.6 Å². The molecule has 0 bridgehead atoms. The predicted molar refractivity (Wildman–Crippen MR) is 111 cm³/mol. The molecule has 8 nitrogen and oxygen atoms in total. The highest BCUT2D eigenvalue weighted by Gasteiger charge is 2.38. The van der Waals surface area contributed by atoms with Gasteiger partial charge in [0.25, 0.3) is 0 Å². The molecule has 2 heterocycles. The second-order valence-corrected chi connectivity index (χ2v) is 7.23. The van der Waals surface area contributed by atoms with Crippen LogP contribution in [-0.2, 0) is 11.2 Å². The van der Waals surface area contributed by atoms with E-state index in [2.05, 4.69) is 15.5 Å². The third-order valence-corrected chi connectivity index (χ3v) is 5.15. The van der Waals surface area contributed by atoms with E-state index in [9.17, 15) is 14.0 Å². The molecule has 0 aliphatic carbocycles. The van der Waals surface area contributed by atoms with Gasteiger partial charge in [-0.15, -0.1) is 10.2 Å². The predicted octanol–water partition coefficient (Wildman–Crippen LogP) is 3.71. The number of rotatable bonds is 5. The summed E-state index contributed by atoms with van der Waals surface area (Å²) in [7, 11) is 1.44. The molecule has 2 aromatic rings. The van der Waals surface area contributed by atoms with Crippen molar-refractivity contribution in [3.63, 3.8) is 0 Å². The summed E-state index contributed by atoms with van der Waals surface area (Å²) in [5.41, 5.74) is 6.17. The standard InChI is InChI=1S/C19H16Cl2FN5O3/c1-27(8-3-2-4-16(27)28)19(29)24-15-10-14(18(23)26-25-15)30-9-7-11-12(20)5-6-13(22)17(11)21/h2-6,8,10H,7,9H2,1H3,(H2-,23,24,25,26,29)/p+1. The molecule has 1 aliphatic heterocycles. The van der Waals surface area contributed by atoms with Gasteiger partial charge in [0.2, 0.25) is 0 Å². The number of hydrogen-bond acceptors (Lipinski definition) is 6. The van der Waals surface area contributed by atoms with E-state index >= 15 is 0 Å². The number of allylic oxidation sites excluding steroid dienone is 2. The van der Waals surface area contributed by atoms with Crippen LogP contribution in [0.1, 0.15) is 5.56 Å². The quantitative estimate of drug-likeness (QED) is 0.528. The van der Waals surface area contributed by atoms with Crippen LogP contribution in [0.5, 0.6) is 5.75 Å². The summed E-state index contributed by atoms with van der Waals surface area (Å²) in [6.07, 6.45) is 6.08. The number of carbonyl (C=O) groups excluding carboxylic acids is 2. The monoisotopic (exact) mass is 452 g/mol. The maximum Gasteiger partial charge on any atom is 0.434 e. The van der Waals surface area contributed by atoms with Crippen LogP contribution >= 0.6 is 23.2 Å². The molecular weight excluding hydrogens is 436 g/mol. The van der Waals surface area contributed by atoms with Crippen molar-refractivity contribution < 1.29 is 23.2 Å². The number of imide groups is 1. The fourth-order valence-corrected chi connectivity index (χ4v) is 3.16. The number of nitrogens with one attached hydrogen (secondary N) is 1. The van der Waals surface area contributed by atoms with Gasteiger partial charge in [-0.3, -0.25) is 5.32 Å². The van der Waals surface area contributed by atoms with Gasteiger partial charge >= 0.3 is 11.9 Å². The molecule has 1 unspecified atom stereocenters. The van der Waals surface area contributed by atoms with Crippen LogP contribution in [0.25, 0.3) is 0 Å². The summed E-state index contributed by atoms with van der Waals surface area (Å²) in [5.74, 6) is -0.826. The van der Waals surface area contributed by atoms with Crippen LogP contribution in [0.4, 0.5) is 20.8 Å². The lowest BCUT2D eigenvalue weighted by Gasteiger charge is -2.24. The van der Waals surface area contributed by atoms with E-state index in [0.29, 0.717) is 10.6 Å². The molecule has 1 aromatic heterocycles. The number of halogens is 3. The number of benzene rings is 1. The van der Waals surface area contributed by atoms with Crippen molar-refractivity contribution in [1.82, 2.24) is 10.2 Å². The molecule has 3 amide bonds. The van der Waals surface area contributed by atoms with Crippen molar-refractivity contribution in [3.05, 3.63) is 64.1 Å². The van der Waals surface area contributed by atoms with E-state index in [1.54, 1.807) is 12.2 Å². The Morgan fingerprint density at radius 1 is 1.30 bits per heavy atom. The minimum Gasteiger partial charge on any atom is -0.489 e. The summed E-state index contributed by atoms with van der Waals surface area (Å²) in [5, 5.41) is 10.3. The molecule has 1 aliphatic rings. The number of nitrogens with two attached hydrogens (primary N) is 1. The normalized spacial score (nSPS) is 17.8. The van der Waals surface area contributed by atoms with E-state index in [0.717, 1.165) is 0 Å². The van der Waals surface area contributed by atoms with E-state index in [-0.39, 0.29) is 35.4 Å². The fraction of sp³-hybridized carbons (Fsp3) is 0.158. The van der Waals surface area contributed by atoms with Crippen LogP contribution in [0.2, 0.25) is 10.0 Å². The first-order valence-corrected chi connectivity index (χ1v) is 9.44. The Hall–Kier alpha value is -3.01. The first-order chi connectivity index (χ1) is 14.2. The maximum atomic E-state index is 13.6. The number of hydrogen-bond donors (Lipinski definition) is 2. The highest BCUT2D eigenvalue weighted by atomic mass is 35.5. The molecule has 0 fully saturated rings. The maximum absolute atomic E-state index is 13.6. The van der Waals surface area contributed by atoms with E-state index in [4.69, 9.17) is 33.7 Å². The Morgan fingerprint density at radius 2 is 2.07 bits per heavy atom. The lowest BCUT2D eigenvalue weighted by Crippen LogP contribution is -2.51. The molecule has 156 valence electrons. The Labute approximate surface area is 181 Å². The Morgan fingerprint density at radius 3 is 2.80 bits per heavy atom. The lowest BCUT2D eigenvalue weighted by atomic mass is 10.1. The average molecular weight is 453 g/mol. The topological polar surface area (TPSA) is 107 Å². The third kappa shape index (κ3) is 4.43. The minimum atomic E-state index is -0.635. The van der Waals surface area contributed by atoms with Gasteiger partial charge in [0.15, 0.2) is 17.4 Å². The largest absolute Gasteiger partial charge is 0.489 e. The molecule has 11 heteroatoms. The van der Waals surface area contributed by atoms with Crippen molar-refractivity contribution in [2.75, 3.05) is 24.7 Å². The highest BCUT2D eigenvalue weighted by molar-refractivity contribution is 6.36. The molecule has 3 rings (SSSR count). The van der Waals surface area contributed by atoms with E-state index in [1.165, 1.54) is 37.5 Å². The number of nitrogen functional groups attached to an aromatic ring is 1. The summed E-state index contributed by atoms with van der Waals surface area (Å²) in [6.45, 7) is 0.0615. The van der Waals surface area contributed by atoms with Gasteiger partial charge in [-0.05, 0) is 29.8 Å². The van der Waals surface area contributed by atoms with Crippen molar-refractivity contribution >= 4 is 46.8 Å². The molecule has 0 spiro atoms. The summed E-state index contributed by atoms with van der Waals surface area (Å²) in [4.78, 5) is 24.6. The first-order valence-electron chi connectivity index (χ1n) is 8.69. The first kappa shape index (κ1) is 21.7. The zero-order chi connectivity index (χ0) is 21.9. The molecule has 30 heavy (non-hydrogen) atoms. The van der Waals surface area contributed by atoms with Crippen molar-refractivity contribution in [2.45, 2.75) is 6.42 Å². The van der Waals surface area contributed by atoms with Gasteiger partial charge in [-0.2, -0.15) is 4.48 Å². The number of ether oxygens (including phenoxy) is 1. The second-order valence-electron chi connectivity index (χ2n) is 6.44. The summed E-state index contributed by atoms with van der Waals surface area (Å²) < 4.78 is 18.6. The molecule has 0 saturated heterocycles. The Bertz CT molecular complexity index is 1080. The number of amides is 3. The molecule has 0 radical (unpaired) electrons. The van der Waals surface area contributed by atoms with Gasteiger partial charge < -0.3 is 10.5 Å². The zero-order valence-corrected chi connectivity index (χ0v) is 17.2. The van der Waals surface area contributed by atoms with Gasteiger partial charge in [0, 0.05) is 23.6 Å². The molecule has 1 aromatic carbocycles. The van der Waals surface area contributed by atoms with Crippen LogP contribution < -0.4 is 15.8 Å². The molecular formula is C19H17Cl2FN5O3+. The van der Waals surface area contributed by atoms with Crippen molar-refractivity contribution in [2.24, 2.45) is 0 Å². The molecule has 3 N–H and O–H groups in total. The second kappa shape index (κ2) is 8.78. The summed E-state index contributed by atoms with van der Waals surface area (Å²) >= 11 is 12.0. The van der Waals surface area contributed by atoms with Gasteiger partial charge in [0.1, 0.15) is 12.0 Å². The SMILES string of the molecule is C[N+]1(C(=O)Nc2cc(OCCc3c(Cl)ccc(F)c3Cl)c(N)nn2)C=CC=CC1=O. The van der Waals surface area contributed by atoms with E-state index < -0.39 is 22.2 Å². The number of urea groups is 1. The number of nitrogens with zero attached hydrogens (tertiary/aromatic N) is 3. The highest BCUT2D eigenvalue weighted by Crippen LogP contribution is 2.28. The fourth-order valence-electron chi connectivity index (χ4n) is 2.60. The number of aromatic nitrogens is 2. The smallest absolute Gasteiger partial charge is 0.434 e. The molecule has 0 saturated carbocycles. The third-order valence-electron chi connectivity index (χ3n) is 4.38. The number of anilines is 2. The molecule has 1 atom stereocenters. The minimum absolute atomic E-state index is 0.0123. The van der Waals surface area contributed by atoms with Crippen LogP contribution in [-0.4, -0.2) is 40.3 Å². The number of likely N-dealkylation sites (N-methyl/N-ethyl adjacent to an activating group) is 1.